The summed E-state index contributed by atoms with van der Waals surface area (Å²) in [7, 11) is 0. The van der Waals surface area contributed by atoms with E-state index in [1.165, 1.54) is 6.07 Å². The summed E-state index contributed by atoms with van der Waals surface area (Å²) in [6.07, 6.45) is 1.67. The summed E-state index contributed by atoms with van der Waals surface area (Å²) in [4.78, 5) is 4.27. The van der Waals surface area contributed by atoms with E-state index < -0.39 is 5.54 Å². The van der Waals surface area contributed by atoms with Crippen LogP contribution in [0.5, 0.6) is 0 Å². The number of aromatic nitrogens is 2. The van der Waals surface area contributed by atoms with E-state index >= 15 is 0 Å². The number of aryl methyl sites for hydroxylation is 1. The van der Waals surface area contributed by atoms with Crippen LogP contribution in [0, 0.1) is 12.7 Å². The molecule has 0 radical (unpaired) electrons. The zero-order valence-corrected chi connectivity index (χ0v) is 11.4. The van der Waals surface area contributed by atoms with Crippen molar-refractivity contribution >= 4 is 0 Å². The molecule has 1 atom stereocenters. The molecule has 0 saturated heterocycles. The molecule has 1 aromatic carbocycles. The van der Waals surface area contributed by atoms with Crippen LogP contribution in [0.4, 0.5) is 4.39 Å². The fourth-order valence-corrected chi connectivity index (χ4v) is 1.93. The van der Waals surface area contributed by atoms with Gasteiger partial charge in [0.1, 0.15) is 5.82 Å². The van der Waals surface area contributed by atoms with Gasteiger partial charge in [0, 0.05) is 5.56 Å². The highest BCUT2D eigenvalue weighted by molar-refractivity contribution is 5.55. The van der Waals surface area contributed by atoms with Crippen molar-refractivity contribution in [3.8, 4) is 11.4 Å². The van der Waals surface area contributed by atoms with Crippen LogP contribution in [0.25, 0.3) is 11.4 Å². The number of hydrogen-bond acceptors (Lipinski definition) is 4. The topological polar surface area (TPSA) is 64.9 Å². The number of rotatable bonds is 4. The van der Waals surface area contributed by atoms with Crippen molar-refractivity contribution in [3.63, 3.8) is 0 Å². The van der Waals surface area contributed by atoms with Gasteiger partial charge in [-0.1, -0.05) is 30.6 Å². The summed E-state index contributed by atoms with van der Waals surface area (Å²) in [6.45, 7) is 5.60. The Bertz CT molecular complexity index is 578. The van der Waals surface area contributed by atoms with Gasteiger partial charge in [0.2, 0.25) is 11.7 Å². The molecule has 4 nitrogen and oxygen atoms in total. The largest absolute Gasteiger partial charge is 0.337 e. The Labute approximate surface area is 111 Å². The first-order chi connectivity index (χ1) is 8.94. The maximum absolute atomic E-state index is 13.5. The Morgan fingerprint density at radius 2 is 2.16 bits per heavy atom. The second kappa shape index (κ2) is 5.09. The normalized spacial score (nSPS) is 14.4. The van der Waals surface area contributed by atoms with Gasteiger partial charge in [-0.25, -0.2) is 4.39 Å². The summed E-state index contributed by atoms with van der Waals surface area (Å²) >= 11 is 0. The number of hydrogen-bond donors (Lipinski definition) is 1. The Morgan fingerprint density at radius 1 is 1.42 bits per heavy atom. The van der Waals surface area contributed by atoms with Crippen molar-refractivity contribution in [2.75, 3.05) is 0 Å². The predicted molar refractivity (Wildman–Crippen MR) is 70.9 cm³/mol. The van der Waals surface area contributed by atoms with Crippen LogP contribution >= 0.6 is 0 Å². The molecule has 5 heteroatoms. The molecule has 1 heterocycles. The lowest BCUT2D eigenvalue weighted by Gasteiger charge is -2.18. The van der Waals surface area contributed by atoms with Gasteiger partial charge < -0.3 is 10.3 Å². The highest BCUT2D eigenvalue weighted by atomic mass is 19.1. The van der Waals surface area contributed by atoms with Crippen LogP contribution in [0.1, 0.15) is 38.1 Å². The molecule has 0 spiro atoms. The first-order valence-corrected chi connectivity index (χ1v) is 6.33. The van der Waals surface area contributed by atoms with Crippen LogP contribution in [0.2, 0.25) is 0 Å². The monoisotopic (exact) mass is 263 g/mol. The minimum Gasteiger partial charge on any atom is -0.337 e. The fourth-order valence-electron chi connectivity index (χ4n) is 1.93. The van der Waals surface area contributed by atoms with Crippen molar-refractivity contribution in [3.05, 3.63) is 35.5 Å². The standard InChI is InChI=1S/C14H18FN3O/c1-4-7-14(3,16)13-17-12(18-19-13)10-6-5-9(2)11(15)8-10/h5-6,8H,4,7,16H2,1-3H3. The van der Waals surface area contributed by atoms with Crippen LogP contribution in [-0.4, -0.2) is 10.1 Å². The summed E-state index contributed by atoms with van der Waals surface area (Å²) in [6, 6.07) is 4.85. The van der Waals surface area contributed by atoms with E-state index in [2.05, 4.69) is 10.1 Å². The quantitative estimate of drug-likeness (QED) is 0.920. The van der Waals surface area contributed by atoms with Crippen LogP contribution in [-0.2, 0) is 5.54 Å². The second-order valence-electron chi connectivity index (χ2n) is 5.05. The van der Waals surface area contributed by atoms with Gasteiger partial charge >= 0.3 is 0 Å². The van der Waals surface area contributed by atoms with Crippen molar-refractivity contribution < 1.29 is 8.91 Å². The number of nitrogens with zero attached hydrogens (tertiary/aromatic N) is 2. The smallest absolute Gasteiger partial charge is 0.246 e. The van der Waals surface area contributed by atoms with Gasteiger partial charge in [0.05, 0.1) is 5.54 Å². The average molecular weight is 263 g/mol. The molecule has 19 heavy (non-hydrogen) atoms. The first-order valence-electron chi connectivity index (χ1n) is 6.33. The van der Waals surface area contributed by atoms with Crippen molar-refractivity contribution in [1.82, 2.24) is 10.1 Å². The molecule has 2 rings (SSSR count). The molecular formula is C14H18FN3O. The van der Waals surface area contributed by atoms with Gasteiger partial charge in [-0.3, -0.25) is 0 Å². The lowest BCUT2D eigenvalue weighted by Crippen LogP contribution is -2.33. The molecule has 0 aliphatic rings. The molecule has 2 N–H and O–H groups in total. The molecule has 0 bridgehead atoms. The Kier molecular flexibility index (Phi) is 3.66. The molecule has 0 aliphatic carbocycles. The molecule has 2 aromatic rings. The van der Waals surface area contributed by atoms with Crippen LogP contribution in [0.3, 0.4) is 0 Å². The summed E-state index contributed by atoms with van der Waals surface area (Å²) in [5.74, 6) is 0.458. The number of nitrogens with two attached hydrogens (primary N) is 1. The highest BCUT2D eigenvalue weighted by Gasteiger charge is 2.27. The zero-order chi connectivity index (χ0) is 14.0. The van der Waals surface area contributed by atoms with E-state index in [0.29, 0.717) is 22.8 Å². The van der Waals surface area contributed by atoms with E-state index in [0.717, 1.165) is 12.8 Å². The molecule has 1 unspecified atom stereocenters. The fraction of sp³-hybridized carbons (Fsp3) is 0.429. The van der Waals surface area contributed by atoms with E-state index in [1.807, 2.05) is 13.8 Å². The van der Waals surface area contributed by atoms with Gasteiger partial charge in [0.15, 0.2) is 0 Å². The third-order valence-corrected chi connectivity index (χ3v) is 3.11. The van der Waals surface area contributed by atoms with E-state index in [4.69, 9.17) is 10.3 Å². The zero-order valence-electron chi connectivity index (χ0n) is 11.4. The lowest BCUT2D eigenvalue weighted by atomic mass is 9.98. The molecule has 0 fully saturated rings. The Morgan fingerprint density at radius 3 is 2.79 bits per heavy atom. The summed E-state index contributed by atoms with van der Waals surface area (Å²) < 4.78 is 18.7. The van der Waals surface area contributed by atoms with Crippen molar-refractivity contribution in [1.29, 1.82) is 0 Å². The SMILES string of the molecule is CCCC(C)(N)c1nc(-c2ccc(C)c(F)c2)no1. The van der Waals surface area contributed by atoms with Crippen molar-refractivity contribution in [2.45, 2.75) is 39.2 Å². The molecule has 0 saturated carbocycles. The molecule has 1 aromatic heterocycles. The van der Waals surface area contributed by atoms with Crippen LogP contribution in [0.15, 0.2) is 22.7 Å². The van der Waals surface area contributed by atoms with Gasteiger partial charge in [-0.15, -0.1) is 0 Å². The third-order valence-electron chi connectivity index (χ3n) is 3.11. The van der Waals surface area contributed by atoms with E-state index in [-0.39, 0.29) is 5.82 Å². The van der Waals surface area contributed by atoms with Gasteiger partial charge in [0.25, 0.3) is 0 Å². The Hall–Kier alpha value is -1.75. The molecule has 0 aliphatic heterocycles. The minimum atomic E-state index is -0.650. The van der Waals surface area contributed by atoms with Gasteiger partial charge in [-0.2, -0.15) is 4.98 Å². The van der Waals surface area contributed by atoms with E-state index in [1.54, 1.807) is 19.1 Å². The maximum atomic E-state index is 13.5. The third kappa shape index (κ3) is 2.81. The molecular weight excluding hydrogens is 245 g/mol. The number of benzene rings is 1. The lowest BCUT2D eigenvalue weighted by molar-refractivity contribution is 0.284. The number of halogens is 1. The highest BCUT2D eigenvalue weighted by Crippen LogP contribution is 2.25. The predicted octanol–water partition coefficient (Wildman–Crippen LogP) is 3.16. The minimum absolute atomic E-state index is 0.284. The molecule has 102 valence electrons. The van der Waals surface area contributed by atoms with Crippen molar-refractivity contribution in [2.24, 2.45) is 5.73 Å². The first kappa shape index (κ1) is 13.7. The average Bonchev–Trinajstić information content (AvgIpc) is 2.83. The molecule has 0 amide bonds. The maximum Gasteiger partial charge on any atom is 0.246 e. The summed E-state index contributed by atoms with van der Waals surface area (Å²) in [5.41, 5.74) is 6.65. The summed E-state index contributed by atoms with van der Waals surface area (Å²) in [5, 5.41) is 3.87. The van der Waals surface area contributed by atoms with Gasteiger partial charge in [-0.05, 0) is 31.9 Å². The van der Waals surface area contributed by atoms with Crippen LogP contribution < -0.4 is 5.73 Å². The Balaban J connectivity index is 2.33. The van der Waals surface area contributed by atoms with E-state index in [9.17, 15) is 4.39 Å². The second-order valence-corrected chi connectivity index (χ2v) is 5.05.